The number of halogens is 1. The van der Waals surface area contributed by atoms with Crippen molar-refractivity contribution in [2.45, 2.75) is 0 Å². The fraction of sp³-hybridized carbons (Fsp3) is 0.667. The number of hydrogen-bond donors (Lipinski definition) is 1. The van der Waals surface area contributed by atoms with E-state index >= 15 is 0 Å². The molecule has 0 atom stereocenters. The zero-order valence-electron chi connectivity index (χ0n) is 7.60. The van der Waals surface area contributed by atoms with E-state index in [2.05, 4.69) is 4.72 Å². The number of rotatable bonds is 6. The van der Waals surface area contributed by atoms with Gasteiger partial charge >= 0.3 is 0 Å². The highest BCUT2D eigenvalue weighted by Gasteiger charge is 2.16. The topological polar surface area (TPSA) is 80.3 Å². The second-order valence-corrected chi connectivity index (χ2v) is 7.25. The van der Waals surface area contributed by atoms with Gasteiger partial charge in [-0.3, -0.25) is 0 Å². The summed E-state index contributed by atoms with van der Waals surface area (Å²) in [6.07, 6.45) is 3.93. The van der Waals surface area contributed by atoms with Gasteiger partial charge in [-0.2, -0.15) is 0 Å². The van der Waals surface area contributed by atoms with Crippen molar-refractivity contribution in [3.8, 4) is 0 Å². The first-order valence-electron chi connectivity index (χ1n) is 3.63. The van der Waals surface area contributed by atoms with Crippen LogP contribution in [0.25, 0.3) is 0 Å². The van der Waals surface area contributed by atoms with E-state index in [1.54, 1.807) is 6.08 Å². The first-order valence-corrected chi connectivity index (χ1v) is 7.87. The molecule has 0 spiro atoms. The van der Waals surface area contributed by atoms with Gasteiger partial charge in [0.2, 0.25) is 10.0 Å². The molecule has 0 aliphatic rings. The van der Waals surface area contributed by atoms with E-state index in [4.69, 9.17) is 11.6 Å². The van der Waals surface area contributed by atoms with Crippen LogP contribution in [0.15, 0.2) is 12.2 Å². The highest BCUT2D eigenvalue weighted by Crippen LogP contribution is 1.91. The molecule has 0 saturated carbocycles. The van der Waals surface area contributed by atoms with Gasteiger partial charge in [-0.25, -0.2) is 21.6 Å². The number of sulfonamides is 1. The highest BCUT2D eigenvalue weighted by atomic mass is 35.5. The van der Waals surface area contributed by atoms with Gasteiger partial charge in [-0.1, -0.05) is 12.2 Å². The molecule has 0 saturated heterocycles. The molecule has 0 aromatic heterocycles. The van der Waals surface area contributed by atoms with E-state index in [-0.39, 0.29) is 12.4 Å². The standard InChI is InChI=1S/C6H12ClNO4S2/c1-13(9,10)6-14(11,12)8-5-3-2-4-7/h2-3,8H,4-6H2,1H3/b3-2+. The summed E-state index contributed by atoms with van der Waals surface area (Å²) < 4.78 is 45.6. The zero-order valence-corrected chi connectivity index (χ0v) is 9.99. The Bertz CT molecular complexity index is 384. The molecular weight excluding hydrogens is 250 g/mol. The summed E-state index contributed by atoms with van der Waals surface area (Å²) in [6.45, 7) is 0.0462. The molecule has 1 N–H and O–H groups in total. The summed E-state index contributed by atoms with van der Waals surface area (Å²) in [6, 6.07) is 0. The van der Waals surface area contributed by atoms with Gasteiger partial charge in [0.1, 0.15) is 0 Å². The lowest BCUT2D eigenvalue weighted by Crippen LogP contribution is -2.29. The second-order valence-electron chi connectivity index (χ2n) is 2.63. The normalized spacial score (nSPS) is 13.6. The van der Waals surface area contributed by atoms with Crippen molar-refractivity contribution >= 4 is 31.5 Å². The molecule has 8 heteroatoms. The van der Waals surface area contributed by atoms with Crippen molar-refractivity contribution in [3.05, 3.63) is 12.2 Å². The molecule has 84 valence electrons. The molecular formula is C6H12ClNO4S2. The Morgan fingerprint density at radius 2 is 1.79 bits per heavy atom. The summed E-state index contributed by atoms with van der Waals surface area (Å²) >= 11 is 5.30. The molecule has 0 bridgehead atoms. The van der Waals surface area contributed by atoms with Crippen LogP contribution in [0, 0.1) is 0 Å². The zero-order chi connectivity index (χ0) is 11.2. The predicted molar refractivity (Wildman–Crippen MR) is 56.5 cm³/mol. The van der Waals surface area contributed by atoms with Gasteiger partial charge in [0, 0.05) is 18.7 Å². The lowest BCUT2D eigenvalue weighted by atomic mass is 10.5. The third kappa shape index (κ3) is 8.49. The van der Waals surface area contributed by atoms with Crippen LogP contribution in [0.3, 0.4) is 0 Å². The quantitative estimate of drug-likeness (QED) is 0.526. The van der Waals surface area contributed by atoms with Gasteiger partial charge in [0.05, 0.1) is 0 Å². The lowest BCUT2D eigenvalue weighted by molar-refractivity contribution is 0.584. The summed E-state index contributed by atoms with van der Waals surface area (Å²) in [7, 11) is -7.28. The maximum absolute atomic E-state index is 11.1. The van der Waals surface area contributed by atoms with Crippen LogP contribution in [0.4, 0.5) is 0 Å². The first kappa shape index (κ1) is 13.9. The van der Waals surface area contributed by atoms with Crippen LogP contribution in [0.1, 0.15) is 0 Å². The van der Waals surface area contributed by atoms with Gasteiger partial charge in [-0.15, -0.1) is 11.6 Å². The molecule has 5 nitrogen and oxygen atoms in total. The summed E-state index contributed by atoms with van der Waals surface area (Å²) in [5.41, 5.74) is 0. The van der Waals surface area contributed by atoms with E-state index in [1.807, 2.05) is 0 Å². The van der Waals surface area contributed by atoms with Gasteiger partial charge in [-0.05, 0) is 0 Å². The van der Waals surface area contributed by atoms with Crippen molar-refractivity contribution in [2.75, 3.05) is 23.8 Å². The summed E-state index contributed by atoms with van der Waals surface area (Å²) in [5, 5.41) is -0.894. The SMILES string of the molecule is CS(=O)(=O)CS(=O)(=O)NC/C=C/CCl. The van der Waals surface area contributed by atoms with Crippen LogP contribution in [0.5, 0.6) is 0 Å². The maximum Gasteiger partial charge on any atom is 0.226 e. The Morgan fingerprint density at radius 1 is 1.21 bits per heavy atom. The minimum Gasteiger partial charge on any atom is -0.228 e. The third-order valence-electron chi connectivity index (χ3n) is 1.05. The van der Waals surface area contributed by atoms with E-state index in [0.29, 0.717) is 0 Å². The maximum atomic E-state index is 11.1. The Hall–Kier alpha value is -0.110. The molecule has 0 rings (SSSR count). The summed E-state index contributed by atoms with van der Waals surface area (Å²) in [5.74, 6) is 0.286. The Balaban J connectivity index is 4.17. The summed E-state index contributed by atoms with van der Waals surface area (Å²) in [4.78, 5) is 0. The Kier molecular flexibility index (Phi) is 5.65. The minimum absolute atomic E-state index is 0.0462. The molecule has 0 amide bonds. The average molecular weight is 262 g/mol. The molecule has 14 heavy (non-hydrogen) atoms. The smallest absolute Gasteiger partial charge is 0.226 e. The van der Waals surface area contributed by atoms with Crippen molar-refractivity contribution in [1.82, 2.24) is 4.72 Å². The molecule has 0 unspecified atom stereocenters. The molecule has 0 radical (unpaired) electrons. The fourth-order valence-electron chi connectivity index (χ4n) is 0.645. The number of nitrogens with one attached hydrogen (secondary N) is 1. The van der Waals surface area contributed by atoms with Crippen molar-refractivity contribution in [1.29, 1.82) is 0 Å². The van der Waals surface area contributed by atoms with Crippen molar-refractivity contribution < 1.29 is 16.8 Å². The number of sulfone groups is 1. The van der Waals surface area contributed by atoms with Crippen LogP contribution in [0.2, 0.25) is 0 Å². The van der Waals surface area contributed by atoms with Gasteiger partial charge in [0.15, 0.2) is 14.9 Å². The second kappa shape index (κ2) is 5.69. The van der Waals surface area contributed by atoms with E-state index in [1.165, 1.54) is 6.08 Å². The molecule has 0 aliphatic carbocycles. The lowest BCUT2D eigenvalue weighted by Gasteiger charge is -2.01. The van der Waals surface area contributed by atoms with Crippen molar-refractivity contribution in [3.63, 3.8) is 0 Å². The number of allylic oxidation sites excluding steroid dienone is 1. The average Bonchev–Trinajstić information content (AvgIpc) is 1.93. The Morgan fingerprint density at radius 3 is 2.21 bits per heavy atom. The number of hydrogen-bond acceptors (Lipinski definition) is 4. The minimum atomic E-state index is -3.75. The first-order chi connectivity index (χ1) is 6.27. The monoisotopic (exact) mass is 261 g/mol. The Labute approximate surface area is 89.1 Å². The highest BCUT2D eigenvalue weighted by molar-refractivity contribution is 8.06. The molecule has 0 fully saturated rings. The van der Waals surface area contributed by atoms with Gasteiger partial charge in [0.25, 0.3) is 0 Å². The fourth-order valence-corrected chi connectivity index (χ4v) is 3.71. The van der Waals surface area contributed by atoms with Crippen LogP contribution >= 0.6 is 11.6 Å². The van der Waals surface area contributed by atoms with E-state index < -0.39 is 24.9 Å². The van der Waals surface area contributed by atoms with Crippen LogP contribution < -0.4 is 4.72 Å². The van der Waals surface area contributed by atoms with Crippen LogP contribution in [-0.4, -0.2) is 40.6 Å². The molecule has 0 aliphatic heterocycles. The molecule has 0 heterocycles. The third-order valence-corrected chi connectivity index (χ3v) is 4.78. The van der Waals surface area contributed by atoms with Crippen molar-refractivity contribution in [2.24, 2.45) is 0 Å². The number of alkyl halides is 1. The van der Waals surface area contributed by atoms with E-state index in [9.17, 15) is 16.8 Å². The largest absolute Gasteiger partial charge is 0.228 e. The van der Waals surface area contributed by atoms with Gasteiger partial charge < -0.3 is 0 Å². The van der Waals surface area contributed by atoms with Crippen LogP contribution in [-0.2, 0) is 19.9 Å². The predicted octanol–water partition coefficient (Wildman–Crippen LogP) is -0.297. The molecule has 0 aromatic rings. The van der Waals surface area contributed by atoms with E-state index in [0.717, 1.165) is 6.26 Å². The molecule has 0 aromatic carbocycles.